The summed E-state index contributed by atoms with van der Waals surface area (Å²) >= 11 is 0. The summed E-state index contributed by atoms with van der Waals surface area (Å²) in [5, 5.41) is 2.94. The van der Waals surface area contributed by atoms with Gasteiger partial charge in [0.15, 0.2) is 6.10 Å². The van der Waals surface area contributed by atoms with Crippen LogP contribution in [0.4, 0.5) is 0 Å². The Morgan fingerprint density at radius 2 is 2.29 bits per heavy atom. The average Bonchev–Trinajstić information content (AvgIpc) is 2.99. The Balaban J connectivity index is 1.92. The number of carbonyl (C=O) groups excluding carboxylic acids is 1. The number of benzene rings is 1. The standard InChI is InChI=1S/C17H25NO3/c1-4-15(17(19)18-11-14-8-6-10-20-14)21-16-9-5-7-12(2)13(16)3/h5,7,9,14-15H,4,6,8,10-11H2,1-3H3,(H,18,19)/t14-,15-/m1/s1. The highest BCUT2D eigenvalue weighted by Gasteiger charge is 2.22. The molecule has 1 aliphatic heterocycles. The first-order chi connectivity index (χ1) is 10.1. The van der Waals surface area contributed by atoms with Crippen LogP contribution in [0.25, 0.3) is 0 Å². The first kappa shape index (κ1) is 15.8. The van der Waals surface area contributed by atoms with Crippen molar-refractivity contribution in [3.63, 3.8) is 0 Å². The summed E-state index contributed by atoms with van der Waals surface area (Å²) in [5.74, 6) is 0.725. The van der Waals surface area contributed by atoms with Crippen LogP contribution in [0.5, 0.6) is 5.75 Å². The summed E-state index contributed by atoms with van der Waals surface area (Å²) in [6, 6.07) is 5.91. The summed E-state index contributed by atoms with van der Waals surface area (Å²) in [5.41, 5.74) is 2.25. The Hall–Kier alpha value is -1.55. The summed E-state index contributed by atoms with van der Waals surface area (Å²) in [6.07, 6.45) is 2.45. The lowest BCUT2D eigenvalue weighted by molar-refractivity contribution is -0.128. The van der Waals surface area contributed by atoms with Gasteiger partial charge in [0, 0.05) is 13.2 Å². The maximum atomic E-state index is 12.2. The zero-order chi connectivity index (χ0) is 15.2. The Morgan fingerprint density at radius 1 is 1.48 bits per heavy atom. The van der Waals surface area contributed by atoms with E-state index in [1.807, 2.05) is 39.0 Å². The molecule has 1 aromatic rings. The fourth-order valence-electron chi connectivity index (χ4n) is 2.46. The molecule has 1 aliphatic rings. The number of carbonyl (C=O) groups is 1. The van der Waals surface area contributed by atoms with E-state index in [1.165, 1.54) is 5.56 Å². The molecular formula is C17H25NO3. The van der Waals surface area contributed by atoms with E-state index < -0.39 is 6.10 Å². The van der Waals surface area contributed by atoms with Gasteiger partial charge in [0.2, 0.25) is 0 Å². The summed E-state index contributed by atoms with van der Waals surface area (Å²) in [4.78, 5) is 12.2. The second-order valence-electron chi connectivity index (χ2n) is 5.59. The van der Waals surface area contributed by atoms with Crippen molar-refractivity contribution < 1.29 is 14.3 Å². The molecule has 4 heteroatoms. The van der Waals surface area contributed by atoms with Gasteiger partial charge in [0.1, 0.15) is 5.75 Å². The van der Waals surface area contributed by atoms with Gasteiger partial charge in [0.05, 0.1) is 6.10 Å². The lowest BCUT2D eigenvalue weighted by Crippen LogP contribution is -2.41. The minimum absolute atomic E-state index is 0.0612. The number of hydrogen-bond acceptors (Lipinski definition) is 3. The summed E-state index contributed by atoms with van der Waals surface area (Å²) in [7, 11) is 0. The second kappa shape index (κ2) is 7.46. The van der Waals surface area contributed by atoms with Crippen molar-refractivity contribution >= 4 is 5.91 Å². The third kappa shape index (κ3) is 4.21. The van der Waals surface area contributed by atoms with Gasteiger partial charge in [-0.05, 0) is 50.3 Å². The Bertz CT molecular complexity index is 481. The number of rotatable bonds is 6. The van der Waals surface area contributed by atoms with Crippen molar-refractivity contribution in [3.05, 3.63) is 29.3 Å². The highest BCUT2D eigenvalue weighted by molar-refractivity contribution is 5.81. The van der Waals surface area contributed by atoms with Crippen molar-refractivity contribution in [2.45, 2.75) is 52.2 Å². The van der Waals surface area contributed by atoms with Gasteiger partial charge in [-0.3, -0.25) is 4.79 Å². The molecule has 0 aliphatic carbocycles. The van der Waals surface area contributed by atoms with Crippen LogP contribution in [0.2, 0.25) is 0 Å². The maximum Gasteiger partial charge on any atom is 0.261 e. The van der Waals surface area contributed by atoms with Crippen molar-refractivity contribution in [2.24, 2.45) is 0 Å². The van der Waals surface area contributed by atoms with E-state index in [4.69, 9.17) is 9.47 Å². The van der Waals surface area contributed by atoms with Crippen molar-refractivity contribution in [3.8, 4) is 5.75 Å². The molecule has 0 unspecified atom stereocenters. The SMILES string of the molecule is CC[C@@H](Oc1cccc(C)c1C)C(=O)NC[C@H]1CCCO1. The molecule has 2 rings (SSSR count). The molecule has 1 heterocycles. The number of hydrogen-bond donors (Lipinski definition) is 1. The van der Waals surface area contributed by atoms with E-state index in [1.54, 1.807) is 0 Å². The van der Waals surface area contributed by atoms with Gasteiger partial charge in [-0.2, -0.15) is 0 Å². The van der Waals surface area contributed by atoms with E-state index in [0.29, 0.717) is 13.0 Å². The van der Waals surface area contributed by atoms with E-state index in [9.17, 15) is 4.79 Å². The second-order valence-corrected chi connectivity index (χ2v) is 5.59. The van der Waals surface area contributed by atoms with Gasteiger partial charge in [-0.15, -0.1) is 0 Å². The molecular weight excluding hydrogens is 266 g/mol. The van der Waals surface area contributed by atoms with Gasteiger partial charge >= 0.3 is 0 Å². The molecule has 21 heavy (non-hydrogen) atoms. The minimum atomic E-state index is -0.452. The monoisotopic (exact) mass is 291 g/mol. The van der Waals surface area contributed by atoms with Gasteiger partial charge in [0.25, 0.3) is 5.91 Å². The molecule has 2 atom stereocenters. The van der Waals surface area contributed by atoms with Gasteiger partial charge < -0.3 is 14.8 Å². The molecule has 1 fully saturated rings. The molecule has 0 aromatic heterocycles. The zero-order valence-electron chi connectivity index (χ0n) is 13.1. The number of amides is 1. The van der Waals surface area contributed by atoms with Crippen LogP contribution in [-0.2, 0) is 9.53 Å². The predicted octanol–water partition coefficient (Wildman–Crippen LogP) is 2.76. The fourth-order valence-corrected chi connectivity index (χ4v) is 2.46. The van der Waals surface area contributed by atoms with E-state index in [-0.39, 0.29) is 12.0 Å². The molecule has 1 amide bonds. The Kier molecular flexibility index (Phi) is 5.62. The largest absolute Gasteiger partial charge is 0.480 e. The van der Waals surface area contributed by atoms with Crippen molar-refractivity contribution in [2.75, 3.05) is 13.2 Å². The van der Waals surface area contributed by atoms with E-state index >= 15 is 0 Å². The molecule has 1 aromatic carbocycles. The van der Waals surface area contributed by atoms with Crippen LogP contribution in [0.3, 0.4) is 0 Å². The predicted molar refractivity (Wildman–Crippen MR) is 82.6 cm³/mol. The zero-order valence-corrected chi connectivity index (χ0v) is 13.1. The summed E-state index contributed by atoms with van der Waals surface area (Å²) < 4.78 is 11.4. The Labute approximate surface area is 126 Å². The molecule has 1 saturated heterocycles. The van der Waals surface area contributed by atoms with Crippen molar-refractivity contribution in [1.82, 2.24) is 5.32 Å². The maximum absolute atomic E-state index is 12.2. The van der Waals surface area contributed by atoms with Crippen molar-refractivity contribution in [1.29, 1.82) is 0 Å². The summed E-state index contributed by atoms with van der Waals surface area (Å²) in [6.45, 7) is 7.39. The minimum Gasteiger partial charge on any atom is -0.480 e. The number of aryl methyl sites for hydroxylation is 1. The molecule has 0 radical (unpaired) electrons. The average molecular weight is 291 g/mol. The lowest BCUT2D eigenvalue weighted by Gasteiger charge is -2.20. The molecule has 0 bridgehead atoms. The first-order valence-corrected chi connectivity index (χ1v) is 7.74. The fraction of sp³-hybridized carbons (Fsp3) is 0.588. The Morgan fingerprint density at radius 3 is 2.95 bits per heavy atom. The molecule has 0 saturated carbocycles. The van der Waals surface area contributed by atoms with Crippen LogP contribution in [0.15, 0.2) is 18.2 Å². The number of ether oxygens (including phenoxy) is 2. The van der Waals surface area contributed by atoms with Gasteiger partial charge in [-0.25, -0.2) is 0 Å². The molecule has 116 valence electrons. The molecule has 0 spiro atoms. The van der Waals surface area contributed by atoms with E-state index in [0.717, 1.165) is 30.8 Å². The molecule has 4 nitrogen and oxygen atoms in total. The third-order valence-electron chi connectivity index (χ3n) is 4.02. The first-order valence-electron chi connectivity index (χ1n) is 7.74. The van der Waals surface area contributed by atoms with E-state index in [2.05, 4.69) is 5.32 Å². The van der Waals surface area contributed by atoms with Gasteiger partial charge in [-0.1, -0.05) is 19.1 Å². The normalized spacial score (nSPS) is 19.3. The molecule has 1 N–H and O–H groups in total. The van der Waals surface area contributed by atoms with Crippen LogP contribution in [0, 0.1) is 13.8 Å². The smallest absolute Gasteiger partial charge is 0.261 e. The van der Waals surface area contributed by atoms with Crippen LogP contribution >= 0.6 is 0 Å². The third-order valence-corrected chi connectivity index (χ3v) is 4.02. The lowest BCUT2D eigenvalue weighted by atomic mass is 10.1. The quantitative estimate of drug-likeness (QED) is 0.876. The van der Waals surface area contributed by atoms with Crippen LogP contribution in [0.1, 0.15) is 37.3 Å². The van der Waals surface area contributed by atoms with Crippen LogP contribution < -0.4 is 10.1 Å². The topological polar surface area (TPSA) is 47.6 Å². The highest BCUT2D eigenvalue weighted by Crippen LogP contribution is 2.22. The number of nitrogens with one attached hydrogen (secondary N) is 1. The highest BCUT2D eigenvalue weighted by atomic mass is 16.5. The van der Waals surface area contributed by atoms with Crippen LogP contribution in [-0.4, -0.2) is 31.3 Å².